The molecule has 6 nitrogen and oxygen atoms in total. The number of hydrogen-bond acceptors (Lipinski definition) is 4. The molecule has 1 aliphatic heterocycles. The molecule has 0 amide bonds. The molecular weight excluding hydrogens is 264 g/mol. The molecule has 7 heteroatoms. The van der Waals surface area contributed by atoms with Crippen molar-refractivity contribution in [3.05, 3.63) is 28.7 Å². The Morgan fingerprint density at radius 1 is 1.53 bits per heavy atom. The van der Waals surface area contributed by atoms with E-state index in [2.05, 4.69) is 15.7 Å². The van der Waals surface area contributed by atoms with Crippen LogP contribution in [-0.2, 0) is 16.6 Å². The van der Waals surface area contributed by atoms with Gasteiger partial charge in [-0.2, -0.15) is 5.10 Å². The van der Waals surface area contributed by atoms with Gasteiger partial charge in [0.25, 0.3) is 0 Å². The highest BCUT2D eigenvalue weighted by molar-refractivity contribution is 7.80. The van der Waals surface area contributed by atoms with Crippen molar-refractivity contribution < 1.29 is 9.53 Å². The first-order chi connectivity index (χ1) is 8.95. The first-order valence-corrected chi connectivity index (χ1v) is 6.21. The quantitative estimate of drug-likeness (QED) is 0.614. The molecule has 19 heavy (non-hydrogen) atoms. The van der Waals surface area contributed by atoms with E-state index in [0.29, 0.717) is 16.4 Å². The highest BCUT2D eigenvalue weighted by atomic mass is 32.1. The van der Waals surface area contributed by atoms with Gasteiger partial charge in [0.15, 0.2) is 5.11 Å². The van der Waals surface area contributed by atoms with E-state index in [1.807, 2.05) is 14.0 Å². The van der Waals surface area contributed by atoms with E-state index in [4.69, 9.17) is 17.0 Å². The van der Waals surface area contributed by atoms with Gasteiger partial charge in [0, 0.05) is 24.0 Å². The third kappa shape index (κ3) is 2.33. The largest absolute Gasteiger partial charge is 0.466 e. The third-order valence-electron chi connectivity index (χ3n) is 3.26. The van der Waals surface area contributed by atoms with Crippen LogP contribution in [0.5, 0.6) is 0 Å². The van der Waals surface area contributed by atoms with Crippen molar-refractivity contribution in [2.75, 3.05) is 7.11 Å². The molecule has 0 bridgehead atoms. The fourth-order valence-corrected chi connectivity index (χ4v) is 2.38. The number of carbonyl (C=O) groups is 1. The second-order valence-corrected chi connectivity index (χ2v) is 4.78. The number of nitrogens with zero attached hydrogens (tertiary/aromatic N) is 2. The molecule has 0 radical (unpaired) electrons. The number of aryl methyl sites for hydroxylation is 1. The Kier molecular flexibility index (Phi) is 3.57. The van der Waals surface area contributed by atoms with E-state index in [9.17, 15) is 4.79 Å². The van der Waals surface area contributed by atoms with Crippen LogP contribution in [0.1, 0.15) is 24.2 Å². The number of hydrogen-bond donors (Lipinski definition) is 2. The average Bonchev–Trinajstić information content (AvgIpc) is 2.68. The Morgan fingerprint density at radius 3 is 2.74 bits per heavy atom. The molecule has 0 aromatic carbocycles. The molecule has 0 aliphatic carbocycles. The molecule has 0 fully saturated rings. The van der Waals surface area contributed by atoms with E-state index >= 15 is 0 Å². The van der Waals surface area contributed by atoms with Gasteiger partial charge in [0.05, 0.1) is 24.9 Å². The van der Waals surface area contributed by atoms with Gasteiger partial charge in [-0.3, -0.25) is 4.68 Å². The van der Waals surface area contributed by atoms with Crippen LogP contribution >= 0.6 is 12.2 Å². The summed E-state index contributed by atoms with van der Waals surface area (Å²) < 4.78 is 6.60. The SMILES string of the molecule is COC(=O)C1=C(C)NC(=S)NC1c1cnn(C)c1C. The van der Waals surface area contributed by atoms with Crippen LogP contribution in [-0.4, -0.2) is 28.0 Å². The number of allylic oxidation sites excluding steroid dienone is 1. The summed E-state index contributed by atoms with van der Waals surface area (Å²) in [5.41, 5.74) is 3.10. The summed E-state index contributed by atoms with van der Waals surface area (Å²) in [5, 5.41) is 10.7. The van der Waals surface area contributed by atoms with Crippen molar-refractivity contribution in [1.29, 1.82) is 0 Å². The number of rotatable bonds is 2. The summed E-state index contributed by atoms with van der Waals surface area (Å²) in [7, 11) is 3.22. The smallest absolute Gasteiger partial charge is 0.337 e. The molecular formula is C12H16N4O2S. The lowest BCUT2D eigenvalue weighted by Crippen LogP contribution is -2.45. The van der Waals surface area contributed by atoms with Crippen LogP contribution in [0.25, 0.3) is 0 Å². The van der Waals surface area contributed by atoms with Crippen molar-refractivity contribution in [3.8, 4) is 0 Å². The van der Waals surface area contributed by atoms with E-state index in [0.717, 1.165) is 11.3 Å². The topological polar surface area (TPSA) is 68.2 Å². The van der Waals surface area contributed by atoms with E-state index in [-0.39, 0.29) is 12.0 Å². The van der Waals surface area contributed by atoms with Crippen molar-refractivity contribution in [1.82, 2.24) is 20.4 Å². The maximum absolute atomic E-state index is 12.0. The number of thiocarbonyl (C=S) groups is 1. The first kappa shape index (κ1) is 13.5. The second kappa shape index (κ2) is 5.00. The number of aromatic nitrogens is 2. The minimum Gasteiger partial charge on any atom is -0.466 e. The van der Waals surface area contributed by atoms with Gasteiger partial charge in [-0.15, -0.1) is 0 Å². The zero-order valence-corrected chi connectivity index (χ0v) is 12.1. The molecule has 0 saturated heterocycles. The minimum atomic E-state index is -0.381. The minimum absolute atomic E-state index is 0.338. The summed E-state index contributed by atoms with van der Waals surface area (Å²) in [5.74, 6) is -0.381. The molecule has 1 atom stereocenters. The Balaban J connectivity index is 2.52. The Morgan fingerprint density at radius 2 is 2.21 bits per heavy atom. The summed E-state index contributed by atoms with van der Waals surface area (Å²) in [6.07, 6.45) is 1.73. The summed E-state index contributed by atoms with van der Waals surface area (Å²) in [6.45, 7) is 3.75. The second-order valence-electron chi connectivity index (χ2n) is 4.37. The highest BCUT2D eigenvalue weighted by Gasteiger charge is 2.32. The number of ether oxygens (including phenoxy) is 1. The van der Waals surface area contributed by atoms with Gasteiger partial charge in [-0.05, 0) is 26.1 Å². The van der Waals surface area contributed by atoms with Crippen LogP contribution in [0.4, 0.5) is 0 Å². The molecule has 2 N–H and O–H groups in total. The normalized spacial score (nSPS) is 18.9. The number of nitrogens with one attached hydrogen (secondary N) is 2. The molecule has 1 aliphatic rings. The van der Waals surface area contributed by atoms with E-state index < -0.39 is 0 Å². The monoisotopic (exact) mass is 280 g/mol. The molecule has 0 spiro atoms. The Bertz CT molecular complexity index is 576. The molecule has 1 aromatic rings. The lowest BCUT2D eigenvalue weighted by molar-refractivity contribution is -0.136. The number of carbonyl (C=O) groups excluding carboxylic acids is 1. The standard InChI is InChI=1S/C12H16N4O2S/c1-6-9(11(17)18-4)10(15-12(19)14-6)8-5-13-16(3)7(8)2/h5,10H,1-4H3,(H2,14,15,19). The average molecular weight is 280 g/mol. The fraction of sp³-hybridized carbons (Fsp3) is 0.417. The van der Waals surface area contributed by atoms with Crippen molar-refractivity contribution >= 4 is 23.3 Å². The molecule has 102 valence electrons. The molecule has 2 rings (SSSR count). The molecule has 1 aromatic heterocycles. The fourth-order valence-electron chi connectivity index (χ4n) is 2.11. The Labute approximate surface area is 116 Å². The van der Waals surface area contributed by atoms with Crippen LogP contribution < -0.4 is 10.6 Å². The maximum Gasteiger partial charge on any atom is 0.337 e. The van der Waals surface area contributed by atoms with E-state index in [1.165, 1.54) is 7.11 Å². The van der Waals surface area contributed by atoms with Gasteiger partial charge >= 0.3 is 5.97 Å². The molecule has 2 heterocycles. The van der Waals surface area contributed by atoms with Gasteiger partial charge in [-0.25, -0.2) is 4.79 Å². The van der Waals surface area contributed by atoms with Gasteiger partial charge in [-0.1, -0.05) is 0 Å². The van der Waals surface area contributed by atoms with Crippen LogP contribution in [0.15, 0.2) is 17.5 Å². The highest BCUT2D eigenvalue weighted by Crippen LogP contribution is 2.29. The Hall–Kier alpha value is -1.89. The lowest BCUT2D eigenvalue weighted by atomic mass is 9.96. The zero-order chi connectivity index (χ0) is 14.2. The predicted molar refractivity (Wildman–Crippen MR) is 74.3 cm³/mol. The molecule has 1 unspecified atom stereocenters. The van der Waals surface area contributed by atoms with Gasteiger partial charge < -0.3 is 15.4 Å². The number of methoxy groups -OCH3 is 1. The summed E-state index contributed by atoms with van der Waals surface area (Å²) >= 11 is 5.15. The first-order valence-electron chi connectivity index (χ1n) is 5.80. The van der Waals surface area contributed by atoms with Gasteiger partial charge in [0.1, 0.15) is 0 Å². The van der Waals surface area contributed by atoms with E-state index in [1.54, 1.807) is 17.8 Å². The van der Waals surface area contributed by atoms with Crippen molar-refractivity contribution in [2.24, 2.45) is 7.05 Å². The summed E-state index contributed by atoms with van der Waals surface area (Å²) in [4.78, 5) is 12.0. The molecule has 0 saturated carbocycles. The van der Waals surface area contributed by atoms with Gasteiger partial charge in [0.2, 0.25) is 0 Å². The lowest BCUT2D eigenvalue weighted by Gasteiger charge is -2.29. The van der Waals surface area contributed by atoms with Crippen LogP contribution in [0.3, 0.4) is 0 Å². The van der Waals surface area contributed by atoms with Crippen LogP contribution in [0.2, 0.25) is 0 Å². The third-order valence-corrected chi connectivity index (χ3v) is 3.48. The van der Waals surface area contributed by atoms with Crippen LogP contribution in [0, 0.1) is 6.92 Å². The summed E-state index contributed by atoms with van der Waals surface area (Å²) in [6, 6.07) is -0.338. The zero-order valence-electron chi connectivity index (χ0n) is 11.3. The van der Waals surface area contributed by atoms with Crippen molar-refractivity contribution in [2.45, 2.75) is 19.9 Å². The number of esters is 1. The predicted octanol–water partition coefficient (Wildman–Crippen LogP) is 0.694. The maximum atomic E-state index is 12.0. The van der Waals surface area contributed by atoms with Crippen molar-refractivity contribution in [3.63, 3.8) is 0 Å².